The van der Waals surface area contributed by atoms with E-state index in [0.717, 1.165) is 10.0 Å². The molecule has 2 aromatic rings. The van der Waals surface area contributed by atoms with E-state index >= 15 is 0 Å². The minimum atomic E-state index is -0.442. The van der Waals surface area contributed by atoms with Crippen LogP contribution in [-0.4, -0.2) is 17.7 Å². The predicted octanol–water partition coefficient (Wildman–Crippen LogP) is 4.31. The summed E-state index contributed by atoms with van der Waals surface area (Å²) in [4.78, 5) is 15.5. The zero-order valence-corrected chi connectivity index (χ0v) is 14.0. The molecule has 2 rings (SSSR count). The summed E-state index contributed by atoms with van der Waals surface area (Å²) in [5.41, 5.74) is 1.48. The first-order valence-electron chi connectivity index (χ1n) is 6.91. The molecule has 0 fully saturated rings. The Balaban J connectivity index is 2.01. The second-order valence-electron chi connectivity index (χ2n) is 4.55. The van der Waals surface area contributed by atoms with Crippen LogP contribution in [0, 0.1) is 10.1 Å². The molecule has 120 valence electrons. The van der Waals surface area contributed by atoms with Crippen molar-refractivity contribution in [1.29, 1.82) is 0 Å². The van der Waals surface area contributed by atoms with Crippen molar-refractivity contribution in [3.63, 3.8) is 0 Å². The lowest BCUT2D eigenvalue weighted by Crippen LogP contribution is -1.96. The van der Waals surface area contributed by atoms with Gasteiger partial charge in [-0.1, -0.05) is 33.2 Å². The molecule has 0 N–H and O–H groups in total. The molecule has 0 amide bonds. The van der Waals surface area contributed by atoms with Crippen molar-refractivity contribution >= 4 is 27.8 Å². The Morgan fingerprint density at radius 3 is 2.87 bits per heavy atom. The minimum Gasteiger partial charge on any atom is -0.493 e. The van der Waals surface area contributed by atoms with Gasteiger partial charge in [-0.25, -0.2) is 0 Å². The van der Waals surface area contributed by atoms with Gasteiger partial charge in [0.25, 0.3) is 5.69 Å². The predicted molar refractivity (Wildman–Crippen MR) is 90.8 cm³/mol. The lowest BCUT2D eigenvalue weighted by molar-refractivity contribution is -0.384. The third kappa shape index (κ3) is 5.07. The SMILES string of the molecule is CCOc1ccc(Br)cc1/C=N\OCc1cccc([N+](=O)[O-])c1. The molecular formula is C16H15BrN2O4. The van der Waals surface area contributed by atoms with E-state index in [2.05, 4.69) is 21.1 Å². The third-order valence-corrected chi connectivity index (χ3v) is 3.38. The van der Waals surface area contributed by atoms with Crippen LogP contribution >= 0.6 is 15.9 Å². The molecule has 0 radical (unpaired) electrons. The Hall–Kier alpha value is -2.41. The van der Waals surface area contributed by atoms with Crippen molar-refractivity contribution < 1.29 is 14.5 Å². The summed E-state index contributed by atoms with van der Waals surface area (Å²) >= 11 is 3.39. The molecule has 0 atom stereocenters. The van der Waals surface area contributed by atoms with Crippen LogP contribution in [0.4, 0.5) is 5.69 Å². The van der Waals surface area contributed by atoms with Gasteiger partial charge in [-0.3, -0.25) is 10.1 Å². The number of hydrogen-bond donors (Lipinski definition) is 0. The van der Waals surface area contributed by atoms with Crippen LogP contribution in [0.2, 0.25) is 0 Å². The molecule has 0 aliphatic carbocycles. The van der Waals surface area contributed by atoms with Gasteiger partial charge >= 0.3 is 0 Å². The van der Waals surface area contributed by atoms with Crippen LogP contribution in [0.15, 0.2) is 52.1 Å². The lowest BCUT2D eigenvalue weighted by atomic mass is 10.2. The van der Waals surface area contributed by atoms with Gasteiger partial charge in [0, 0.05) is 22.2 Å². The Morgan fingerprint density at radius 1 is 1.30 bits per heavy atom. The molecule has 0 bridgehead atoms. The maximum Gasteiger partial charge on any atom is 0.269 e. The van der Waals surface area contributed by atoms with Crippen molar-refractivity contribution in [2.24, 2.45) is 5.16 Å². The van der Waals surface area contributed by atoms with Crippen molar-refractivity contribution in [3.8, 4) is 5.75 Å². The summed E-state index contributed by atoms with van der Waals surface area (Å²) in [6, 6.07) is 11.8. The lowest BCUT2D eigenvalue weighted by Gasteiger charge is -2.07. The van der Waals surface area contributed by atoms with Crippen LogP contribution in [0.3, 0.4) is 0 Å². The van der Waals surface area contributed by atoms with Gasteiger partial charge in [-0.05, 0) is 30.7 Å². The highest BCUT2D eigenvalue weighted by molar-refractivity contribution is 9.10. The van der Waals surface area contributed by atoms with Gasteiger partial charge < -0.3 is 9.57 Å². The Morgan fingerprint density at radius 2 is 2.13 bits per heavy atom. The molecule has 6 nitrogen and oxygen atoms in total. The monoisotopic (exact) mass is 378 g/mol. The summed E-state index contributed by atoms with van der Waals surface area (Å²) < 4.78 is 6.41. The van der Waals surface area contributed by atoms with Crippen LogP contribution in [0.1, 0.15) is 18.1 Å². The fraction of sp³-hybridized carbons (Fsp3) is 0.188. The topological polar surface area (TPSA) is 74.0 Å². The van der Waals surface area contributed by atoms with E-state index in [1.165, 1.54) is 12.1 Å². The highest BCUT2D eigenvalue weighted by atomic mass is 79.9. The van der Waals surface area contributed by atoms with E-state index in [9.17, 15) is 10.1 Å². The van der Waals surface area contributed by atoms with Crippen LogP contribution in [0.25, 0.3) is 0 Å². The summed E-state index contributed by atoms with van der Waals surface area (Å²) in [7, 11) is 0. The fourth-order valence-corrected chi connectivity index (χ4v) is 2.25. The molecular weight excluding hydrogens is 364 g/mol. The average molecular weight is 379 g/mol. The smallest absolute Gasteiger partial charge is 0.269 e. The van der Waals surface area contributed by atoms with Crippen molar-refractivity contribution in [3.05, 3.63) is 68.2 Å². The van der Waals surface area contributed by atoms with E-state index < -0.39 is 4.92 Å². The van der Waals surface area contributed by atoms with Gasteiger partial charge in [0.1, 0.15) is 12.4 Å². The Labute approximate surface area is 142 Å². The van der Waals surface area contributed by atoms with Crippen LogP contribution in [0.5, 0.6) is 5.75 Å². The Kier molecular flexibility index (Phi) is 6.10. The van der Waals surface area contributed by atoms with Gasteiger partial charge in [-0.15, -0.1) is 0 Å². The van der Waals surface area contributed by atoms with E-state index in [1.807, 2.05) is 25.1 Å². The molecule has 0 saturated carbocycles. The zero-order valence-electron chi connectivity index (χ0n) is 12.4. The third-order valence-electron chi connectivity index (χ3n) is 2.89. The number of nitro groups is 1. The van der Waals surface area contributed by atoms with E-state index in [4.69, 9.17) is 9.57 Å². The average Bonchev–Trinajstić information content (AvgIpc) is 2.54. The number of non-ortho nitro benzene ring substituents is 1. The summed E-state index contributed by atoms with van der Waals surface area (Å²) in [6.07, 6.45) is 1.55. The van der Waals surface area contributed by atoms with Gasteiger partial charge in [0.2, 0.25) is 0 Å². The van der Waals surface area contributed by atoms with Crippen molar-refractivity contribution in [2.75, 3.05) is 6.61 Å². The highest BCUT2D eigenvalue weighted by Crippen LogP contribution is 2.22. The summed E-state index contributed by atoms with van der Waals surface area (Å²) in [5, 5.41) is 14.6. The van der Waals surface area contributed by atoms with Gasteiger partial charge in [0.05, 0.1) is 17.7 Å². The van der Waals surface area contributed by atoms with Crippen molar-refractivity contribution in [1.82, 2.24) is 0 Å². The highest BCUT2D eigenvalue weighted by Gasteiger charge is 2.06. The van der Waals surface area contributed by atoms with E-state index in [1.54, 1.807) is 18.3 Å². The number of nitro benzene ring substituents is 1. The molecule has 0 unspecified atom stereocenters. The number of oxime groups is 1. The molecule has 23 heavy (non-hydrogen) atoms. The molecule has 2 aromatic carbocycles. The normalized spacial score (nSPS) is 10.7. The summed E-state index contributed by atoms with van der Waals surface area (Å²) in [5.74, 6) is 0.707. The number of hydrogen-bond acceptors (Lipinski definition) is 5. The molecule has 0 aliphatic rings. The maximum atomic E-state index is 10.7. The van der Waals surface area contributed by atoms with Gasteiger partial charge in [0.15, 0.2) is 0 Å². The number of ether oxygens (including phenoxy) is 1. The Bertz CT molecular complexity index is 719. The minimum absolute atomic E-state index is 0.0284. The molecule has 0 spiro atoms. The number of halogens is 1. The van der Waals surface area contributed by atoms with Crippen LogP contribution in [-0.2, 0) is 11.4 Å². The molecule has 0 saturated heterocycles. The quantitative estimate of drug-likeness (QED) is 0.408. The zero-order chi connectivity index (χ0) is 16.7. The maximum absolute atomic E-state index is 10.7. The largest absolute Gasteiger partial charge is 0.493 e. The second-order valence-corrected chi connectivity index (χ2v) is 5.47. The van der Waals surface area contributed by atoms with E-state index in [0.29, 0.717) is 17.9 Å². The van der Waals surface area contributed by atoms with E-state index in [-0.39, 0.29) is 12.3 Å². The number of benzene rings is 2. The first-order valence-corrected chi connectivity index (χ1v) is 7.70. The first kappa shape index (κ1) is 17.0. The molecule has 0 aromatic heterocycles. The first-order chi connectivity index (χ1) is 11.1. The molecule has 0 heterocycles. The van der Waals surface area contributed by atoms with Gasteiger partial charge in [-0.2, -0.15) is 0 Å². The number of nitrogens with zero attached hydrogens (tertiary/aromatic N) is 2. The van der Waals surface area contributed by atoms with Crippen molar-refractivity contribution in [2.45, 2.75) is 13.5 Å². The second kappa shape index (κ2) is 8.28. The van der Waals surface area contributed by atoms with Crippen LogP contribution < -0.4 is 4.74 Å². The molecule has 0 aliphatic heterocycles. The standard InChI is InChI=1S/C16H15BrN2O4/c1-2-22-16-7-6-14(17)9-13(16)10-18-23-11-12-4-3-5-15(8-12)19(20)21/h3-10H,2,11H2,1H3/b18-10-. The number of rotatable bonds is 7. The fourth-order valence-electron chi connectivity index (χ4n) is 1.87. The molecule has 7 heteroatoms. The summed E-state index contributed by atoms with van der Waals surface area (Å²) in [6.45, 7) is 2.61.